The van der Waals surface area contributed by atoms with Gasteiger partial charge in [-0.1, -0.05) is 18.9 Å². The van der Waals surface area contributed by atoms with E-state index in [4.69, 9.17) is 0 Å². The van der Waals surface area contributed by atoms with Gasteiger partial charge < -0.3 is 4.90 Å². The molecule has 108 valence electrons. The van der Waals surface area contributed by atoms with Gasteiger partial charge in [-0.05, 0) is 97.5 Å². The van der Waals surface area contributed by atoms with Crippen molar-refractivity contribution in [1.29, 1.82) is 0 Å². The van der Waals surface area contributed by atoms with Crippen molar-refractivity contribution in [3.8, 4) is 0 Å². The molecule has 3 aliphatic rings. The van der Waals surface area contributed by atoms with E-state index in [9.17, 15) is 0 Å². The Hall–Kier alpha value is -0.0900. The smallest absolute Gasteiger partial charge is 0.0169 e. The first-order valence-corrected chi connectivity index (χ1v) is 9.19. The second-order valence-corrected chi connectivity index (χ2v) is 8.43. The van der Waals surface area contributed by atoms with Gasteiger partial charge >= 0.3 is 0 Å². The van der Waals surface area contributed by atoms with Crippen LogP contribution in [-0.4, -0.2) is 24.5 Å². The summed E-state index contributed by atoms with van der Waals surface area (Å²) in [5.74, 6) is 0.918. The van der Waals surface area contributed by atoms with E-state index < -0.39 is 0 Å². The maximum absolute atomic E-state index is 2.66. The molecule has 0 unspecified atom stereocenters. The summed E-state index contributed by atoms with van der Waals surface area (Å²) in [6.07, 6.45) is 8.47. The molecule has 1 saturated heterocycles. The van der Waals surface area contributed by atoms with E-state index in [0.29, 0.717) is 5.41 Å². The molecule has 3 atom stereocenters. The zero-order valence-corrected chi connectivity index (χ0v) is 14.7. The Morgan fingerprint density at radius 2 is 2.10 bits per heavy atom. The number of rotatable bonds is 0. The van der Waals surface area contributed by atoms with Crippen molar-refractivity contribution >= 4 is 22.6 Å². The van der Waals surface area contributed by atoms with Crippen LogP contribution in [0, 0.1) is 16.4 Å². The largest absolute Gasteiger partial charge is 0.303 e. The van der Waals surface area contributed by atoms with Crippen LogP contribution in [0.2, 0.25) is 0 Å². The number of fused-ring (bicyclic) bond motifs is 1. The third kappa shape index (κ3) is 1.76. The van der Waals surface area contributed by atoms with Crippen LogP contribution in [-0.2, 0) is 11.8 Å². The third-order valence-electron chi connectivity index (χ3n) is 6.39. The van der Waals surface area contributed by atoms with Crippen molar-refractivity contribution in [1.82, 2.24) is 4.90 Å². The highest BCUT2D eigenvalue weighted by Gasteiger charge is 2.52. The zero-order chi connectivity index (χ0) is 13.9. The van der Waals surface area contributed by atoms with Gasteiger partial charge in [-0.2, -0.15) is 0 Å². The lowest BCUT2D eigenvalue weighted by molar-refractivity contribution is 0.00280. The van der Waals surface area contributed by atoms with Crippen molar-refractivity contribution in [2.75, 3.05) is 13.6 Å². The molecule has 0 aromatic heterocycles. The van der Waals surface area contributed by atoms with E-state index in [1.807, 2.05) is 0 Å². The fourth-order valence-corrected chi connectivity index (χ4v) is 5.87. The van der Waals surface area contributed by atoms with Crippen LogP contribution in [0.4, 0.5) is 0 Å². The summed E-state index contributed by atoms with van der Waals surface area (Å²) < 4.78 is 1.45. The summed E-state index contributed by atoms with van der Waals surface area (Å²) >= 11 is 2.51. The molecular weight excluding hydrogens is 357 g/mol. The highest BCUT2D eigenvalue weighted by atomic mass is 127. The monoisotopic (exact) mass is 381 g/mol. The average Bonchev–Trinajstić information content (AvgIpc) is 2.45. The molecule has 0 N–H and O–H groups in total. The predicted octanol–water partition coefficient (Wildman–Crippen LogP) is 4.29. The average molecular weight is 381 g/mol. The van der Waals surface area contributed by atoms with Crippen molar-refractivity contribution in [2.24, 2.45) is 5.92 Å². The van der Waals surface area contributed by atoms with Crippen LogP contribution in [0.5, 0.6) is 0 Å². The van der Waals surface area contributed by atoms with E-state index in [2.05, 4.69) is 53.6 Å². The molecule has 1 saturated carbocycles. The van der Waals surface area contributed by atoms with Crippen molar-refractivity contribution in [3.63, 3.8) is 0 Å². The van der Waals surface area contributed by atoms with Gasteiger partial charge in [-0.25, -0.2) is 0 Å². The van der Waals surface area contributed by atoms with Crippen LogP contribution in [0.1, 0.15) is 48.8 Å². The van der Waals surface area contributed by atoms with Gasteiger partial charge in [0.05, 0.1) is 0 Å². The molecule has 1 heterocycles. The van der Waals surface area contributed by atoms with Crippen LogP contribution in [0.25, 0.3) is 0 Å². The van der Waals surface area contributed by atoms with Gasteiger partial charge in [0.15, 0.2) is 0 Å². The minimum Gasteiger partial charge on any atom is -0.303 e. The van der Waals surface area contributed by atoms with Crippen LogP contribution in [0.3, 0.4) is 0 Å². The summed E-state index contributed by atoms with van der Waals surface area (Å²) in [4.78, 5) is 2.66. The molecule has 0 amide bonds. The van der Waals surface area contributed by atoms with Gasteiger partial charge in [-0.15, -0.1) is 0 Å². The fraction of sp³-hybridized carbons (Fsp3) is 0.667. The molecule has 1 aromatic carbocycles. The first kappa shape index (κ1) is 13.6. The molecule has 1 aromatic rings. The Balaban J connectivity index is 1.92. The number of likely N-dealkylation sites (tertiary alicyclic amines) is 1. The quantitative estimate of drug-likeness (QED) is 0.606. The number of nitrogens with zero attached hydrogens (tertiary/aromatic N) is 1. The normalized spacial score (nSPS) is 36.4. The molecule has 2 aliphatic carbocycles. The lowest BCUT2D eigenvalue weighted by Gasteiger charge is -2.58. The highest BCUT2D eigenvalue weighted by molar-refractivity contribution is 14.1. The maximum Gasteiger partial charge on any atom is 0.0169 e. The van der Waals surface area contributed by atoms with Crippen molar-refractivity contribution in [2.45, 2.75) is 56.9 Å². The van der Waals surface area contributed by atoms with Crippen molar-refractivity contribution in [3.05, 3.63) is 32.4 Å². The molecule has 2 heteroatoms. The topological polar surface area (TPSA) is 3.24 Å². The van der Waals surface area contributed by atoms with Gasteiger partial charge in [0.2, 0.25) is 0 Å². The van der Waals surface area contributed by atoms with E-state index in [0.717, 1.165) is 12.0 Å². The first-order valence-electron chi connectivity index (χ1n) is 8.11. The van der Waals surface area contributed by atoms with E-state index >= 15 is 0 Å². The van der Waals surface area contributed by atoms with Crippen LogP contribution in [0.15, 0.2) is 12.1 Å². The van der Waals surface area contributed by atoms with Gasteiger partial charge in [-0.3, -0.25) is 0 Å². The molecule has 2 bridgehead atoms. The van der Waals surface area contributed by atoms with E-state index in [1.165, 1.54) is 54.2 Å². The number of aryl methyl sites for hydroxylation is 1. The Labute approximate surface area is 136 Å². The Morgan fingerprint density at radius 1 is 1.25 bits per heavy atom. The third-order valence-corrected chi connectivity index (χ3v) is 7.55. The molecule has 20 heavy (non-hydrogen) atoms. The molecule has 1 nitrogen and oxygen atoms in total. The first-order chi connectivity index (χ1) is 9.62. The van der Waals surface area contributed by atoms with Gasteiger partial charge in [0, 0.05) is 15.0 Å². The lowest BCUT2D eigenvalue weighted by Crippen LogP contribution is -2.59. The predicted molar refractivity (Wildman–Crippen MR) is 92.3 cm³/mol. The number of piperidine rings is 1. The summed E-state index contributed by atoms with van der Waals surface area (Å²) in [5.41, 5.74) is 5.41. The Kier molecular flexibility index (Phi) is 3.19. The minimum absolute atomic E-state index is 0.526. The minimum atomic E-state index is 0.526. The zero-order valence-electron chi connectivity index (χ0n) is 12.6. The Morgan fingerprint density at radius 3 is 2.95 bits per heavy atom. The van der Waals surface area contributed by atoms with Crippen molar-refractivity contribution < 1.29 is 0 Å². The molecule has 4 rings (SSSR count). The van der Waals surface area contributed by atoms with Gasteiger partial charge in [0.1, 0.15) is 0 Å². The van der Waals surface area contributed by atoms with Gasteiger partial charge in [0.25, 0.3) is 0 Å². The standard InChI is InChI=1S/C18H24IN/c1-12-9-15-13(10-16(12)19)11-17-14-5-3-4-6-18(14,15)7-8-20(17)2/h9-10,14,17H,3-8,11H2,1-2H3/t14-,17+,18+/m1/s1. The molecule has 0 spiro atoms. The maximum atomic E-state index is 2.66. The number of benzene rings is 1. The number of halogens is 1. The number of hydrogen-bond donors (Lipinski definition) is 0. The second kappa shape index (κ2) is 4.70. The fourth-order valence-electron chi connectivity index (χ4n) is 5.33. The Bertz CT molecular complexity index is 553. The lowest BCUT2D eigenvalue weighted by atomic mass is 9.52. The SMILES string of the molecule is Cc1cc2c(cc1I)C[C@H]1[C@H]3CCCC[C@@]23CCN1C. The van der Waals surface area contributed by atoms with E-state index in [-0.39, 0.29) is 0 Å². The summed E-state index contributed by atoms with van der Waals surface area (Å²) in [6.45, 7) is 3.59. The van der Waals surface area contributed by atoms with Crippen LogP contribution >= 0.6 is 22.6 Å². The highest BCUT2D eigenvalue weighted by Crippen LogP contribution is 2.55. The number of hydrogen-bond acceptors (Lipinski definition) is 1. The summed E-state index contributed by atoms with van der Waals surface area (Å²) in [6, 6.07) is 5.84. The van der Waals surface area contributed by atoms with Crippen LogP contribution < -0.4 is 0 Å². The number of likely N-dealkylation sites (N-methyl/N-ethyl adjacent to an activating group) is 1. The second-order valence-electron chi connectivity index (χ2n) is 7.27. The molecule has 0 radical (unpaired) electrons. The molecule has 1 aliphatic heterocycles. The van der Waals surface area contributed by atoms with E-state index in [1.54, 1.807) is 11.1 Å². The molecule has 2 fully saturated rings. The summed E-state index contributed by atoms with van der Waals surface area (Å²) in [5, 5.41) is 0. The molecular formula is C18H24IN. The summed E-state index contributed by atoms with van der Waals surface area (Å²) in [7, 11) is 2.35.